The highest BCUT2D eigenvalue weighted by Gasteiger charge is 2.43. The normalized spacial score (nSPS) is 23.1. The summed E-state index contributed by atoms with van der Waals surface area (Å²) in [6.07, 6.45) is -3.27. The van der Waals surface area contributed by atoms with Gasteiger partial charge in [-0.3, -0.25) is 4.57 Å². The van der Waals surface area contributed by atoms with Gasteiger partial charge in [0.15, 0.2) is 6.23 Å². The van der Waals surface area contributed by atoms with Gasteiger partial charge in [0.1, 0.15) is 24.1 Å². The van der Waals surface area contributed by atoms with E-state index in [-0.39, 0.29) is 18.2 Å². The van der Waals surface area contributed by atoms with Crippen molar-refractivity contribution < 1.29 is 24.9 Å². The van der Waals surface area contributed by atoms with Crippen molar-refractivity contribution in [3.63, 3.8) is 0 Å². The molecule has 1 aliphatic rings. The number of rotatable bonds is 7. The molecule has 29 heavy (non-hydrogen) atoms. The molecule has 0 spiro atoms. The van der Waals surface area contributed by atoms with Crippen molar-refractivity contribution in [2.45, 2.75) is 24.5 Å². The SMILES string of the molecule is Nc1ccn([C@@H]2O[C@H](CO)[C@@H](O)[C@@H]2O)c(=O)n1.O=NN(CCCl)C(=O)NCCCl. The number of nitrogens with two attached hydrogens (primary N) is 1. The second-order valence-electron chi connectivity index (χ2n) is 5.59. The van der Waals surface area contributed by atoms with E-state index in [2.05, 4.69) is 15.6 Å². The van der Waals surface area contributed by atoms with Crippen LogP contribution in [0.5, 0.6) is 0 Å². The number of alkyl halides is 2. The molecule has 0 aromatic carbocycles. The molecule has 0 bridgehead atoms. The second-order valence-corrected chi connectivity index (χ2v) is 6.34. The number of aliphatic hydroxyl groups excluding tert-OH is 3. The molecule has 1 aliphatic heterocycles. The van der Waals surface area contributed by atoms with Crippen LogP contribution < -0.4 is 16.7 Å². The van der Waals surface area contributed by atoms with Gasteiger partial charge < -0.3 is 31.1 Å². The Morgan fingerprint density at radius 1 is 1.38 bits per heavy atom. The molecule has 1 fully saturated rings. The zero-order chi connectivity index (χ0) is 22.0. The van der Waals surface area contributed by atoms with Crippen LogP contribution in [-0.4, -0.2) is 85.7 Å². The van der Waals surface area contributed by atoms with Crippen LogP contribution in [0.25, 0.3) is 0 Å². The van der Waals surface area contributed by atoms with Crippen molar-refractivity contribution >= 4 is 35.1 Å². The van der Waals surface area contributed by atoms with Crippen molar-refractivity contribution in [1.29, 1.82) is 0 Å². The predicted molar refractivity (Wildman–Crippen MR) is 103 cm³/mol. The largest absolute Gasteiger partial charge is 0.394 e. The number of nitrogen functional groups attached to an aromatic ring is 1. The lowest BCUT2D eigenvalue weighted by molar-refractivity contribution is -0.0549. The van der Waals surface area contributed by atoms with Gasteiger partial charge in [0, 0.05) is 24.5 Å². The Kier molecular flexibility index (Phi) is 10.8. The first-order valence-corrected chi connectivity index (χ1v) is 9.35. The van der Waals surface area contributed by atoms with Crippen molar-refractivity contribution in [2.24, 2.45) is 5.29 Å². The van der Waals surface area contributed by atoms with Gasteiger partial charge in [-0.2, -0.15) is 9.99 Å². The van der Waals surface area contributed by atoms with E-state index < -0.39 is 42.9 Å². The van der Waals surface area contributed by atoms with E-state index in [4.69, 9.17) is 38.8 Å². The van der Waals surface area contributed by atoms with Gasteiger partial charge in [-0.1, -0.05) is 0 Å². The quantitative estimate of drug-likeness (QED) is 0.186. The smallest absolute Gasteiger partial charge is 0.351 e. The lowest BCUT2D eigenvalue weighted by Gasteiger charge is -2.16. The number of nitroso groups, excluding NO2 is 1. The molecule has 4 atom stereocenters. The first-order chi connectivity index (χ1) is 13.8. The maximum absolute atomic E-state index is 11.5. The molecule has 0 radical (unpaired) electrons. The molecule has 1 aromatic heterocycles. The van der Waals surface area contributed by atoms with Crippen LogP contribution >= 0.6 is 23.2 Å². The minimum absolute atomic E-state index is 0.0537. The Labute approximate surface area is 174 Å². The van der Waals surface area contributed by atoms with E-state index >= 15 is 0 Å². The number of halogens is 2. The number of hydrogen-bond donors (Lipinski definition) is 5. The fourth-order valence-electron chi connectivity index (χ4n) is 2.23. The minimum atomic E-state index is -1.31. The van der Waals surface area contributed by atoms with Gasteiger partial charge in [-0.25, -0.2) is 9.59 Å². The predicted octanol–water partition coefficient (Wildman–Crippen LogP) is -1.41. The summed E-state index contributed by atoms with van der Waals surface area (Å²) in [5.74, 6) is 0.511. The van der Waals surface area contributed by atoms with Crippen LogP contribution in [-0.2, 0) is 4.74 Å². The van der Waals surface area contributed by atoms with Gasteiger partial charge >= 0.3 is 11.7 Å². The van der Waals surface area contributed by atoms with Gasteiger partial charge in [-0.15, -0.1) is 28.1 Å². The third-order valence-electron chi connectivity index (χ3n) is 3.64. The van der Waals surface area contributed by atoms with Crippen LogP contribution in [0.15, 0.2) is 22.3 Å². The van der Waals surface area contributed by atoms with Crippen LogP contribution in [0.2, 0.25) is 0 Å². The van der Waals surface area contributed by atoms with Crippen LogP contribution in [0.1, 0.15) is 6.23 Å². The molecule has 0 unspecified atom stereocenters. The molecule has 2 heterocycles. The Hall–Kier alpha value is -2.03. The average molecular weight is 457 g/mol. The van der Waals surface area contributed by atoms with E-state index in [1.165, 1.54) is 12.3 Å². The van der Waals surface area contributed by atoms with Gasteiger partial charge in [0.25, 0.3) is 0 Å². The number of nitrogens with zero attached hydrogens (tertiary/aromatic N) is 4. The van der Waals surface area contributed by atoms with Crippen LogP contribution in [0.3, 0.4) is 0 Å². The summed E-state index contributed by atoms with van der Waals surface area (Å²) in [6.45, 7) is -0.0558. The van der Waals surface area contributed by atoms with Gasteiger partial charge in [0.2, 0.25) is 0 Å². The summed E-state index contributed by atoms with van der Waals surface area (Å²) < 4.78 is 6.19. The van der Waals surface area contributed by atoms with Crippen LogP contribution in [0, 0.1) is 4.91 Å². The number of urea groups is 1. The first-order valence-electron chi connectivity index (χ1n) is 8.28. The number of anilines is 1. The Bertz CT molecular complexity index is 724. The molecule has 6 N–H and O–H groups in total. The molecule has 2 rings (SSSR count). The number of aromatic nitrogens is 2. The summed E-state index contributed by atoms with van der Waals surface area (Å²) >= 11 is 10.6. The van der Waals surface area contributed by atoms with Crippen molar-refractivity contribution in [3.8, 4) is 0 Å². The van der Waals surface area contributed by atoms with Gasteiger partial charge in [-0.05, 0) is 6.07 Å². The minimum Gasteiger partial charge on any atom is -0.394 e. The molecular weight excluding hydrogens is 435 g/mol. The monoisotopic (exact) mass is 456 g/mol. The summed E-state index contributed by atoms with van der Waals surface area (Å²) in [5.41, 5.74) is 4.63. The number of amides is 2. The number of aliphatic hydroxyl groups is 3. The molecular formula is C14H22Cl2N6O7. The molecule has 1 aromatic rings. The molecule has 2 amide bonds. The van der Waals surface area contributed by atoms with Gasteiger partial charge in [0.05, 0.1) is 18.4 Å². The summed E-state index contributed by atoms with van der Waals surface area (Å²) in [5, 5.41) is 33.7. The highest BCUT2D eigenvalue weighted by molar-refractivity contribution is 6.18. The highest BCUT2D eigenvalue weighted by atomic mass is 35.5. The summed E-state index contributed by atoms with van der Waals surface area (Å²) in [4.78, 5) is 35.9. The third-order valence-corrected chi connectivity index (χ3v) is 4.00. The Balaban J connectivity index is 0.000000311. The Morgan fingerprint density at radius 2 is 2.07 bits per heavy atom. The zero-order valence-corrected chi connectivity index (χ0v) is 16.6. The highest BCUT2D eigenvalue weighted by Crippen LogP contribution is 2.27. The maximum Gasteiger partial charge on any atom is 0.351 e. The summed E-state index contributed by atoms with van der Waals surface area (Å²) in [6, 6.07) is 0.794. The second kappa shape index (κ2) is 12.5. The average Bonchev–Trinajstić information content (AvgIpc) is 2.99. The Morgan fingerprint density at radius 3 is 2.55 bits per heavy atom. The zero-order valence-electron chi connectivity index (χ0n) is 15.1. The number of carbonyl (C=O) groups excluding carboxylic acids is 1. The lowest BCUT2D eigenvalue weighted by atomic mass is 10.1. The fraction of sp³-hybridized carbons (Fsp3) is 0.643. The van der Waals surface area contributed by atoms with E-state index in [1.54, 1.807) is 0 Å². The number of hydrogen-bond acceptors (Lipinski definition) is 10. The molecule has 0 saturated carbocycles. The van der Waals surface area contributed by atoms with Crippen molar-refractivity contribution in [3.05, 3.63) is 27.7 Å². The van der Waals surface area contributed by atoms with Crippen molar-refractivity contribution in [1.82, 2.24) is 19.9 Å². The molecule has 13 nitrogen and oxygen atoms in total. The van der Waals surface area contributed by atoms with Crippen LogP contribution in [0.4, 0.5) is 10.6 Å². The van der Waals surface area contributed by atoms with E-state index in [0.29, 0.717) is 17.4 Å². The number of carbonyl (C=O) groups is 1. The topological polar surface area (TPSA) is 193 Å². The number of nitrogens with one attached hydrogen (secondary N) is 1. The summed E-state index contributed by atoms with van der Waals surface area (Å²) in [7, 11) is 0. The lowest BCUT2D eigenvalue weighted by Crippen LogP contribution is -2.38. The molecule has 0 aliphatic carbocycles. The van der Waals surface area contributed by atoms with Crippen molar-refractivity contribution in [2.75, 3.05) is 37.2 Å². The fourth-order valence-corrected chi connectivity index (χ4v) is 2.49. The molecule has 15 heteroatoms. The standard InChI is InChI=1S/C9H13N3O5.C5H9Cl2N3O2/c10-5-1-2-12(9(16)11-5)8-7(15)6(14)4(3-13)17-8;6-1-3-8-5(11)10(9-12)4-2-7/h1-2,4,6-8,13-15H,3H2,(H2,10,11,16);1-4H2,(H,8,11)/t4-,6-,7+,8-;/m1./s1. The van der Waals surface area contributed by atoms with E-state index in [0.717, 1.165) is 4.57 Å². The third kappa shape index (κ3) is 7.06. The van der Waals surface area contributed by atoms with E-state index in [1.807, 2.05) is 0 Å². The molecule has 1 saturated heterocycles. The number of ether oxygens (including phenoxy) is 1. The maximum atomic E-state index is 11.5. The molecule has 164 valence electrons. The first kappa shape index (κ1) is 25.0. The van der Waals surface area contributed by atoms with E-state index in [9.17, 15) is 24.7 Å².